The van der Waals surface area contributed by atoms with Gasteiger partial charge in [0.05, 0.1) is 0 Å². The summed E-state index contributed by atoms with van der Waals surface area (Å²) in [5.41, 5.74) is 2.71. The number of rotatable bonds is 0. The van der Waals surface area contributed by atoms with E-state index in [0.29, 0.717) is 0 Å². The molecule has 0 amide bonds. The largest absolute Gasteiger partial charge is 0.0683 e. The smallest absolute Gasteiger partial charge is 0.00759 e. The van der Waals surface area contributed by atoms with Crippen LogP contribution in [0.1, 0.15) is 25.0 Å². The summed E-state index contributed by atoms with van der Waals surface area (Å²) in [7, 11) is 0. The van der Waals surface area contributed by atoms with Crippen LogP contribution in [0.2, 0.25) is 0 Å². The quantitative estimate of drug-likeness (QED) is 0.443. The van der Waals surface area contributed by atoms with Crippen LogP contribution in [0.15, 0.2) is 48.5 Å². The Labute approximate surface area is 109 Å². The zero-order valence-corrected chi connectivity index (χ0v) is 11.6. The lowest BCUT2D eigenvalue weighted by Gasteiger charge is -2.09. The minimum Gasteiger partial charge on any atom is -0.0683 e. The molecule has 0 atom stereocenters. The van der Waals surface area contributed by atoms with Crippen LogP contribution >= 0.6 is 0 Å². The Bertz CT molecular complexity index is 678. The first-order valence-corrected chi connectivity index (χ1v) is 6.65. The fourth-order valence-corrected chi connectivity index (χ4v) is 2.53. The minimum absolute atomic E-state index is 1.34. The molecule has 0 saturated carbocycles. The van der Waals surface area contributed by atoms with E-state index in [9.17, 15) is 0 Å². The molecule has 0 radical (unpaired) electrons. The predicted molar refractivity (Wildman–Crippen MR) is 82.3 cm³/mol. The molecule has 0 bridgehead atoms. The molecule has 0 unspecified atom stereocenters. The lowest BCUT2D eigenvalue weighted by Crippen LogP contribution is -1.84. The van der Waals surface area contributed by atoms with Crippen molar-refractivity contribution in [2.24, 2.45) is 0 Å². The molecule has 0 fully saturated rings. The van der Waals surface area contributed by atoms with Crippen LogP contribution < -0.4 is 0 Å². The van der Waals surface area contributed by atoms with Crippen molar-refractivity contribution in [3.63, 3.8) is 0 Å². The normalized spacial score (nSPS) is 10.2. The summed E-state index contributed by atoms with van der Waals surface area (Å²) in [6, 6.07) is 17.4. The van der Waals surface area contributed by atoms with Gasteiger partial charge in [0.15, 0.2) is 0 Å². The van der Waals surface area contributed by atoms with Gasteiger partial charge in [-0.15, -0.1) is 0 Å². The third-order valence-electron chi connectivity index (χ3n) is 3.30. The maximum Gasteiger partial charge on any atom is -0.00759 e. The van der Waals surface area contributed by atoms with Gasteiger partial charge < -0.3 is 0 Å². The first-order valence-electron chi connectivity index (χ1n) is 6.65. The fraction of sp³-hybridized carbons (Fsp3) is 0.222. The zero-order valence-electron chi connectivity index (χ0n) is 11.6. The third-order valence-corrected chi connectivity index (χ3v) is 3.30. The Balaban J connectivity index is 0.000000574. The number of fused-ring (bicyclic) bond motifs is 3. The molecule has 0 heterocycles. The van der Waals surface area contributed by atoms with Crippen LogP contribution in [-0.2, 0) is 0 Å². The SMILES string of the molecule is CC.Cc1cc2cccc(C)c2c2ccccc12. The van der Waals surface area contributed by atoms with Crippen molar-refractivity contribution in [3.05, 3.63) is 59.7 Å². The lowest BCUT2D eigenvalue weighted by atomic mass is 9.95. The topological polar surface area (TPSA) is 0 Å². The summed E-state index contributed by atoms with van der Waals surface area (Å²) >= 11 is 0. The van der Waals surface area contributed by atoms with Crippen molar-refractivity contribution in [3.8, 4) is 0 Å². The molecule has 0 aliphatic carbocycles. The number of hydrogen-bond acceptors (Lipinski definition) is 0. The Hall–Kier alpha value is -1.82. The predicted octanol–water partition coefficient (Wildman–Crippen LogP) is 5.64. The highest BCUT2D eigenvalue weighted by atomic mass is 14.1. The minimum atomic E-state index is 1.34. The van der Waals surface area contributed by atoms with E-state index in [0.717, 1.165) is 0 Å². The molecular formula is C18H20. The van der Waals surface area contributed by atoms with Gasteiger partial charge in [-0.3, -0.25) is 0 Å². The lowest BCUT2D eigenvalue weighted by molar-refractivity contribution is 1.50. The van der Waals surface area contributed by atoms with Crippen molar-refractivity contribution in [2.45, 2.75) is 27.7 Å². The standard InChI is InChI=1S/C16H14.C2H6/c1-11-6-5-7-13-10-12(2)14-8-3-4-9-15(14)16(11)13;1-2/h3-10H,1-2H3;1-2H3. The highest BCUT2D eigenvalue weighted by Crippen LogP contribution is 2.30. The summed E-state index contributed by atoms with van der Waals surface area (Å²) in [6.45, 7) is 8.37. The van der Waals surface area contributed by atoms with Gasteiger partial charge in [-0.25, -0.2) is 0 Å². The highest BCUT2D eigenvalue weighted by molar-refractivity contribution is 6.10. The van der Waals surface area contributed by atoms with Gasteiger partial charge >= 0.3 is 0 Å². The van der Waals surface area contributed by atoms with Crippen molar-refractivity contribution >= 4 is 21.5 Å². The van der Waals surface area contributed by atoms with Crippen LogP contribution in [0, 0.1) is 13.8 Å². The summed E-state index contributed by atoms with van der Waals surface area (Å²) < 4.78 is 0. The second-order valence-corrected chi connectivity index (χ2v) is 4.41. The monoisotopic (exact) mass is 236 g/mol. The summed E-state index contributed by atoms with van der Waals surface area (Å²) in [4.78, 5) is 0. The Morgan fingerprint density at radius 2 is 1.33 bits per heavy atom. The first-order chi connectivity index (χ1) is 8.77. The molecule has 0 saturated heterocycles. The zero-order chi connectivity index (χ0) is 13.1. The van der Waals surface area contributed by atoms with Gasteiger partial charge in [-0.2, -0.15) is 0 Å². The van der Waals surface area contributed by atoms with Crippen LogP contribution in [0.3, 0.4) is 0 Å². The van der Waals surface area contributed by atoms with Gasteiger partial charge in [0.1, 0.15) is 0 Å². The van der Waals surface area contributed by atoms with Crippen LogP contribution in [0.25, 0.3) is 21.5 Å². The Morgan fingerprint density at radius 3 is 2.06 bits per heavy atom. The molecule has 3 aromatic rings. The molecule has 0 aromatic heterocycles. The van der Waals surface area contributed by atoms with E-state index in [1.165, 1.54) is 32.7 Å². The maximum absolute atomic E-state index is 2.28. The summed E-state index contributed by atoms with van der Waals surface area (Å²) in [5, 5.41) is 5.47. The van der Waals surface area contributed by atoms with Crippen molar-refractivity contribution in [1.29, 1.82) is 0 Å². The molecule has 0 N–H and O–H groups in total. The average Bonchev–Trinajstić information content (AvgIpc) is 2.41. The van der Waals surface area contributed by atoms with Gasteiger partial charge in [-0.05, 0) is 46.5 Å². The van der Waals surface area contributed by atoms with Crippen LogP contribution in [-0.4, -0.2) is 0 Å². The molecule has 0 heteroatoms. The van der Waals surface area contributed by atoms with E-state index in [-0.39, 0.29) is 0 Å². The summed E-state index contributed by atoms with van der Waals surface area (Å²) in [5.74, 6) is 0. The molecule has 18 heavy (non-hydrogen) atoms. The van der Waals surface area contributed by atoms with E-state index in [1.54, 1.807) is 0 Å². The van der Waals surface area contributed by atoms with E-state index < -0.39 is 0 Å². The second-order valence-electron chi connectivity index (χ2n) is 4.41. The van der Waals surface area contributed by atoms with Crippen LogP contribution in [0.4, 0.5) is 0 Å². The molecule has 92 valence electrons. The van der Waals surface area contributed by atoms with Gasteiger partial charge in [0.2, 0.25) is 0 Å². The molecule has 0 spiro atoms. The highest BCUT2D eigenvalue weighted by Gasteiger charge is 2.04. The van der Waals surface area contributed by atoms with Crippen molar-refractivity contribution in [1.82, 2.24) is 0 Å². The van der Waals surface area contributed by atoms with Gasteiger partial charge in [0.25, 0.3) is 0 Å². The molecule has 0 aliphatic heterocycles. The molecule has 3 rings (SSSR count). The van der Waals surface area contributed by atoms with Crippen molar-refractivity contribution in [2.75, 3.05) is 0 Å². The van der Waals surface area contributed by atoms with Crippen LogP contribution in [0.5, 0.6) is 0 Å². The van der Waals surface area contributed by atoms with Gasteiger partial charge in [0, 0.05) is 0 Å². The van der Waals surface area contributed by atoms with Crippen molar-refractivity contribution < 1.29 is 0 Å². The number of benzene rings is 3. The maximum atomic E-state index is 2.28. The van der Waals surface area contributed by atoms with E-state index in [4.69, 9.17) is 0 Å². The molecule has 3 aromatic carbocycles. The molecular weight excluding hydrogens is 216 g/mol. The van der Waals surface area contributed by atoms with Gasteiger partial charge in [-0.1, -0.05) is 62.4 Å². The second kappa shape index (κ2) is 5.22. The first kappa shape index (κ1) is 12.6. The Kier molecular flexibility index (Phi) is 3.66. The Morgan fingerprint density at radius 1 is 0.667 bits per heavy atom. The molecule has 0 nitrogen and oxygen atoms in total. The molecule has 0 aliphatic rings. The van der Waals surface area contributed by atoms with E-state index in [1.807, 2.05) is 13.8 Å². The van der Waals surface area contributed by atoms with E-state index in [2.05, 4.69) is 62.4 Å². The number of aryl methyl sites for hydroxylation is 2. The summed E-state index contributed by atoms with van der Waals surface area (Å²) in [6.07, 6.45) is 0. The van der Waals surface area contributed by atoms with E-state index >= 15 is 0 Å². The number of hydrogen-bond donors (Lipinski definition) is 0. The average molecular weight is 236 g/mol. The third kappa shape index (κ3) is 1.99. The fourth-order valence-electron chi connectivity index (χ4n) is 2.53.